The van der Waals surface area contributed by atoms with Crippen molar-refractivity contribution in [3.63, 3.8) is 0 Å². The third-order valence-electron chi connectivity index (χ3n) is 4.45. The summed E-state index contributed by atoms with van der Waals surface area (Å²) in [4.78, 5) is 16.6. The zero-order valence-corrected chi connectivity index (χ0v) is 13.9. The monoisotopic (exact) mass is 353 g/mol. The molecule has 0 amide bonds. The summed E-state index contributed by atoms with van der Waals surface area (Å²) in [5.41, 5.74) is 5.09. The molecular weight excluding hydrogens is 342 g/mol. The van der Waals surface area contributed by atoms with E-state index in [1.54, 1.807) is 23.2 Å². The SMILES string of the molecule is c1cc2nc(-c3ccc4nc(-c5ccn6cnnc6c5)nn4c3)[nH]c2cn1. The minimum Gasteiger partial charge on any atom is -0.337 e. The zero-order valence-electron chi connectivity index (χ0n) is 13.9. The van der Waals surface area contributed by atoms with E-state index >= 15 is 0 Å². The number of pyridine rings is 3. The number of hydrogen-bond donors (Lipinski definition) is 1. The van der Waals surface area contributed by atoms with Crippen molar-refractivity contribution in [3.8, 4) is 22.8 Å². The number of nitrogens with zero attached hydrogens (tertiary/aromatic N) is 8. The standard InChI is InChI=1S/C18H11N9/c1-2-15-23-18(11-4-6-26-10-20-24-16(26)7-11)25-27(15)9-12(1)17-21-13-3-5-19-8-14(13)22-17/h1-10H,(H,21,22). The van der Waals surface area contributed by atoms with E-state index in [4.69, 9.17) is 0 Å². The van der Waals surface area contributed by atoms with E-state index in [0.717, 1.165) is 39.3 Å². The molecule has 9 heteroatoms. The fraction of sp³-hybridized carbons (Fsp3) is 0. The molecule has 0 aliphatic rings. The second-order valence-electron chi connectivity index (χ2n) is 6.15. The van der Waals surface area contributed by atoms with E-state index < -0.39 is 0 Å². The average molecular weight is 353 g/mol. The van der Waals surface area contributed by atoms with Crippen molar-refractivity contribution in [1.82, 2.24) is 44.1 Å². The Labute approximate surface area is 151 Å². The van der Waals surface area contributed by atoms with Crippen molar-refractivity contribution in [3.05, 3.63) is 61.4 Å². The van der Waals surface area contributed by atoms with E-state index in [9.17, 15) is 0 Å². The van der Waals surface area contributed by atoms with E-state index in [0.29, 0.717) is 5.82 Å². The molecule has 27 heavy (non-hydrogen) atoms. The molecule has 1 N–H and O–H groups in total. The van der Waals surface area contributed by atoms with Crippen LogP contribution in [0.25, 0.3) is 45.1 Å². The van der Waals surface area contributed by atoms with Crippen LogP contribution >= 0.6 is 0 Å². The molecule has 0 aliphatic heterocycles. The van der Waals surface area contributed by atoms with Crippen molar-refractivity contribution in [2.24, 2.45) is 0 Å². The molecule has 9 nitrogen and oxygen atoms in total. The predicted octanol–water partition coefficient (Wildman–Crippen LogP) is 2.38. The van der Waals surface area contributed by atoms with Gasteiger partial charge < -0.3 is 4.98 Å². The van der Waals surface area contributed by atoms with Crippen molar-refractivity contribution in [1.29, 1.82) is 0 Å². The molecule has 0 fully saturated rings. The number of aromatic nitrogens is 9. The van der Waals surface area contributed by atoms with Gasteiger partial charge in [0.15, 0.2) is 17.1 Å². The summed E-state index contributed by atoms with van der Waals surface area (Å²) in [5.74, 6) is 1.40. The van der Waals surface area contributed by atoms with Crippen molar-refractivity contribution in [2.45, 2.75) is 0 Å². The van der Waals surface area contributed by atoms with Gasteiger partial charge in [0.2, 0.25) is 0 Å². The number of nitrogens with one attached hydrogen (secondary N) is 1. The summed E-state index contributed by atoms with van der Waals surface area (Å²) in [7, 11) is 0. The smallest absolute Gasteiger partial charge is 0.182 e. The summed E-state index contributed by atoms with van der Waals surface area (Å²) < 4.78 is 3.60. The molecule has 0 atom stereocenters. The van der Waals surface area contributed by atoms with Gasteiger partial charge in [0, 0.05) is 29.7 Å². The average Bonchev–Trinajstić information content (AvgIpc) is 3.42. The summed E-state index contributed by atoms with van der Waals surface area (Å²) in [6.07, 6.45) is 8.95. The van der Waals surface area contributed by atoms with Crippen LogP contribution in [-0.2, 0) is 0 Å². The van der Waals surface area contributed by atoms with Gasteiger partial charge in [0.1, 0.15) is 12.2 Å². The second kappa shape index (κ2) is 5.18. The van der Waals surface area contributed by atoms with Gasteiger partial charge in [-0.2, -0.15) is 0 Å². The molecule has 0 unspecified atom stereocenters. The number of hydrogen-bond acceptors (Lipinski definition) is 6. The topological polar surface area (TPSA) is 102 Å². The van der Waals surface area contributed by atoms with Crippen molar-refractivity contribution in [2.75, 3.05) is 0 Å². The number of rotatable bonds is 2. The Morgan fingerprint density at radius 2 is 1.96 bits per heavy atom. The van der Waals surface area contributed by atoms with Crippen LogP contribution in [0.1, 0.15) is 0 Å². The molecule has 6 rings (SSSR count). The molecular formula is C18H11N9. The van der Waals surface area contributed by atoms with Gasteiger partial charge in [-0.25, -0.2) is 14.5 Å². The van der Waals surface area contributed by atoms with Gasteiger partial charge >= 0.3 is 0 Å². The maximum atomic E-state index is 4.61. The lowest BCUT2D eigenvalue weighted by atomic mass is 10.2. The van der Waals surface area contributed by atoms with E-state index in [1.807, 2.05) is 47.1 Å². The van der Waals surface area contributed by atoms with Gasteiger partial charge in [0.25, 0.3) is 0 Å². The van der Waals surface area contributed by atoms with Crippen LogP contribution in [0.4, 0.5) is 0 Å². The lowest BCUT2D eigenvalue weighted by Crippen LogP contribution is -1.90. The first kappa shape index (κ1) is 14.1. The summed E-state index contributed by atoms with van der Waals surface area (Å²) in [5, 5.41) is 12.6. The Kier molecular flexibility index (Phi) is 2.70. The highest BCUT2D eigenvalue weighted by molar-refractivity contribution is 5.78. The van der Waals surface area contributed by atoms with E-state index in [2.05, 4.69) is 35.2 Å². The number of aromatic amines is 1. The van der Waals surface area contributed by atoms with Gasteiger partial charge in [-0.1, -0.05) is 0 Å². The molecule has 0 saturated heterocycles. The van der Waals surface area contributed by atoms with Gasteiger partial charge in [-0.15, -0.1) is 15.3 Å². The van der Waals surface area contributed by atoms with Crippen molar-refractivity contribution < 1.29 is 0 Å². The Morgan fingerprint density at radius 3 is 2.93 bits per heavy atom. The third kappa shape index (κ3) is 2.18. The fourth-order valence-electron chi connectivity index (χ4n) is 3.10. The highest BCUT2D eigenvalue weighted by Gasteiger charge is 2.11. The van der Waals surface area contributed by atoms with Crippen molar-refractivity contribution >= 4 is 22.3 Å². The first-order valence-electron chi connectivity index (χ1n) is 8.30. The van der Waals surface area contributed by atoms with Crippen LogP contribution in [0.15, 0.2) is 61.4 Å². The molecule has 0 bridgehead atoms. The predicted molar refractivity (Wildman–Crippen MR) is 97.9 cm³/mol. The molecule has 6 aromatic heterocycles. The molecule has 0 aromatic carbocycles. The molecule has 128 valence electrons. The quantitative estimate of drug-likeness (QED) is 0.513. The van der Waals surface area contributed by atoms with Gasteiger partial charge in [0.05, 0.1) is 17.2 Å². The first-order chi connectivity index (χ1) is 13.3. The van der Waals surface area contributed by atoms with E-state index in [-0.39, 0.29) is 0 Å². The van der Waals surface area contributed by atoms with Crippen LogP contribution in [0, 0.1) is 0 Å². The van der Waals surface area contributed by atoms with Gasteiger partial charge in [-0.3, -0.25) is 9.38 Å². The Morgan fingerprint density at radius 1 is 0.963 bits per heavy atom. The Hall–Kier alpha value is -4.14. The second-order valence-corrected chi connectivity index (χ2v) is 6.15. The number of imidazole rings is 1. The van der Waals surface area contributed by atoms with Crippen LogP contribution in [0.2, 0.25) is 0 Å². The maximum Gasteiger partial charge on any atom is 0.182 e. The summed E-state index contributed by atoms with van der Waals surface area (Å²) >= 11 is 0. The molecule has 0 aliphatic carbocycles. The lowest BCUT2D eigenvalue weighted by molar-refractivity contribution is 0.965. The minimum atomic E-state index is 0.631. The van der Waals surface area contributed by atoms with Crippen LogP contribution in [0.5, 0.6) is 0 Å². The molecule has 6 heterocycles. The third-order valence-corrected chi connectivity index (χ3v) is 4.45. The summed E-state index contributed by atoms with van der Waals surface area (Å²) in [6.45, 7) is 0. The highest BCUT2D eigenvalue weighted by atomic mass is 15.3. The molecule has 0 spiro atoms. The van der Waals surface area contributed by atoms with Gasteiger partial charge in [-0.05, 0) is 30.3 Å². The number of H-pyrrole nitrogens is 1. The Bertz CT molecular complexity index is 1410. The summed E-state index contributed by atoms with van der Waals surface area (Å²) in [6, 6.07) is 9.63. The lowest BCUT2D eigenvalue weighted by Gasteiger charge is -1.97. The molecule has 0 saturated carbocycles. The molecule has 6 aromatic rings. The highest BCUT2D eigenvalue weighted by Crippen LogP contribution is 2.22. The Balaban J connectivity index is 1.46. The first-order valence-corrected chi connectivity index (χ1v) is 8.30. The van der Waals surface area contributed by atoms with Crippen LogP contribution in [-0.4, -0.2) is 44.1 Å². The zero-order chi connectivity index (χ0) is 17.8. The normalized spacial score (nSPS) is 11.7. The largest absolute Gasteiger partial charge is 0.337 e. The van der Waals surface area contributed by atoms with Crippen LogP contribution in [0.3, 0.4) is 0 Å². The molecule has 0 radical (unpaired) electrons. The maximum absolute atomic E-state index is 4.61. The fourth-order valence-corrected chi connectivity index (χ4v) is 3.10. The minimum absolute atomic E-state index is 0.631. The van der Waals surface area contributed by atoms with Crippen LogP contribution < -0.4 is 0 Å². The number of fused-ring (bicyclic) bond motifs is 3. The van der Waals surface area contributed by atoms with E-state index in [1.165, 1.54) is 0 Å².